The van der Waals surface area contributed by atoms with E-state index in [1.165, 1.54) is 6.20 Å². The van der Waals surface area contributed by atoms with E-state index in [-0.39, 0.29) is 4.90 Å². The third-order valence-corrected chi connectivity index (χ3v) is 5.80. The first-order valence-electron chi connectivity index (χ1n) is 8.76. The Morgan fingerprint density at radius 1 is 0.929 bits per heavy atom. The highest BCUT2D eigenvalue weighted by Gasteiger charge is 2.15. The molecule has 0 aliphatic heterocycles. The number of hydrogen-bond donors (Lipinski definition) is 2. The average molecular weight is 398 g/mol. The van der Waals surface area contributed by atoms with Crippen molar-refractivity contribution >= 4 is 27.2 Å². The van der Waals surface area contributed by atoms with E-state index >= 15 is 0 Å². The molecule has 3 aromatic rings. The van der Waals surface area contributed by atoms with Crippen LogP contribution in [0.15, 0.2) is 59.6 Å². The first-order chi connectivity index (χ1) is 13.3. The van der Waals surface area contributed by atoms with E-state index in [2.05, 4.69) is 15.0 Å². The van der Waals surface area contributed by atoms with Gasteiger partial charge in [0.25, 0.3) is 10.0 Å². The van der Waals surface area contributed by atoms with Gasteiger partial charge in [-0.25, -0.2) is 13.4 Å². The Bertz CT molecular complexity index is 1090. The summed E-state index contributed by atoms with van der Waals surface area (Å²) in [4.78, 5) is 4.52. The lowest BCUT2D eigenvalue weighted by Crippen LogP contribution is -2.13. The second kappa shape index (κ2) is 7.90. The number of hydrogen-bond acceptors (Lipinski definition) is 5. The maximum atomic E-state index is 12.6. The van der Waals surface area contributed by atoms with Gasteiger partial charge in [0.05, 0.1) is 29.6 Å². The number of nitrogens with zero attached hydrogens (tertiary/aromatic N) is 1. The fourth-order valence-corrected chi connectivity index (χ4v) is 3.81. The number of nitrogens with one attached hydrogen (secondary N) is 2. The van der Waals surface area contributed by atoms with Crippen LogP contribution in [0.3, 0.4) is 0 Å². The molecule has 0 spiro atoms. The molecule has 7 heteroatoms. The van der Waals surface area contributed by atoms with E-state index in [4.69, 9.17) is 4.74 Å². The molecule has 0 atom stereocenters. The van der Waals surface area contributed by atoms with Crippen LogP contribution in [0.25, 0.3) is 0 Å². The molecule has 1 aromatic heterocycles. The summed E-state index contributed by atoms with van der Waals surface area (Å²) in [5.41, 5.74) is 4.23. The number of sulfonamides is 1. The Hall–Kier alpha value is -3.06. The van der Waals surface area contributed by atoms with Gasteiger partial charge in [-0.15, -0.1) is 0 Å². The molecule has 28 heavy (non-hydrogen) atoms. The fourth-order valence-electron chi connectivity index (χ4n) is 2.68. The van der Waals surface area contributed by atoms with Crippen LogP contribution >= 0.6 is 0 Å². The fraction of sp³-hybridized carbons (Fsp3) is 0.190. The Balaban J connectivity index is 1.77. The highest BCUT2D eigenvalue weighted by Crippen LogP contribution is 2.28. The molecule has 0 radical (unpaired) electrons. The van der Waals surface area contributed by atoms with Gasteiger partial charge in [-0.1, -0.05) is 12.1 Å². The molecule has 2 aromatic carbocycles. The Kier molecular flexibility index (Phi) is 5.56. The van der Waals surface area contributed by atoms with Crippen LogP contribution in [0.1, 0.15) is 16.7 Å². The van der Waals surface area contributed by atoms with E-state index in [0.29, 0.717) is 17.3 Å². The lowest BCUT2D eigenvalue weighted by atomic mass is 10.1. The van der Waals surface area contributed by atoms with Gasteiger partial charge < -0.3 is 10.1 Å². The number of methoxy groups -OCH3 is 1. The van der Waals surface area contributed by atoms with Crippen molar-refractivity contribution in [3.63, 3.8) is 0 Å². The molecule has 0 aliphatic carbocycles. The third kappa shape index (κ3) is 4.43. The minimum Gasteiger partial charge on any atom is -0.495 e. The summed E-state index contributed by atoms with van der Waals surface area (Å²) in [6.45, 7) is 5.82. The molecule has 2 N–H and O–H groups in total. The maximum absolute atomic E-state index is 12.6. The number of aromatic nitrogens is 1. The van der Waals surface area contributed by atoms with E-state index in [1.54, 1.807) is 37.4 Å². The van der Waals surface area contributed by atoms with Crippen molar-refractivity contribution in [3.05, 3.63) is 71.4 Å². The number of benzene rings is 2. The smallest absolute Gasteiger partial charge is 0.261 e. The molecule has 0 fully saturated rings. The minimum absolute atomic E-state index is 0.224. The van der Waals surface area contributed by atoms with Crippen molar-refractivity contribution in [2.45, 2.75) is 25.7 Å². The normalized spacial score (nSPS) is 11.1. The lowest BCUT2D eigenvalue weighted by molar-refractivity contribution is 0.416. The molecule has 0 amide bonds. The summed E-state index contributed by atoms with van der Waals surface area (Å²) in [6.07, 6.45) is 1.48. The first-order valence-corrected chi connectivity index (χ1v) is 10.2. The molecule has 0 aliphatic rings. The molecule has 0 saturated carbocycles. The number of ether oxygens (including phenoxy) is 1. The highest BCUT2D eigenvalue weighted by atomic mass is 32.2. The zero-order valence-corrected chi connectivity index (χ0v) is 17.1. The number of rotatable bonds is 6. The molecule has 0 unspecified atom stereocenters. The molecular weight excluding hydrogens is 374 g/mol. The van der Waals surface area contributed by atoms with Gasteiger partial charge >= 0.3 is 0 Å². The van der Waals surface area contributed by atoms with Crippen molar-refractivity contribution in [2.24, 2.45) is 0 Å². The summed E-state index contributed by atoms with van der Waals surface area (Å²) >= 11 is 0. The van der Waals surface area contributed by atoms with Crippen molar-refractivity contribution in [1.29, 1.82) is 0 Å². The second-order valence-electron chi connectivity index (χ2n) is 6.61. The summed E-state index contributed by atoms with van der Waals surface area (Å²) in [5.74, 6) is 1.28. The predicted molar refractivity (Wildman–Crippen MR) is 112 cm³/mol. The highest BCUT2D eigenvalue weighted by molar-refractivity contribution is 7.92. The molecule has 1 heterocycles. The van der Waals surface area contributed by atoms with Crippen LogP contribution in [-0.2, 0) is 10.0 Å². The van der Waals surface area contributed by atoms with Crippen molar-refractivity contribution in [2.75, 3.05) is 17.1 Å². The maximum Gasteiger partial charge on any atom is 0.261 e. The van der Waals surface area contributed by atoms with Crippen molar-refractivity contribution in [3.8, 4) is 5.75 Å². The summed E-state index contributed by atoms with van der Waals surface area (Å²) in [5, 5.41) is 3.19. The SMILES string of the molecule is COc1ccc(C)cc1Nc1ccc(NS(=O)(=O)c2ccc(C)c(C)c2)cn1. The largest absolute Gasteiger partial charge is 0.495 e. The zero-order valence-electron chi connectivity index (χ0n) is 16.3. The van der Waals surface area contributed by atoms with Gasteiger partial charge in [0.1, 0.15) is 11.6 Å². The summed E-state index contributed by atoms with van der Waals surface area (Å²) in [6, 6.07) is 14.2. The van der Waals surface area contributed by atoms with E-state index in [0.717, 1.165) is 22.4 Å². The van der Waals surface area contributed by atoms with Crippen LogP contribution in [0, 0.1) is 20.8 Å². The van der Waals surface area contributed by atoms with E-state index < -0.39 is 10.0 Å². The van der Waals surface area contributed by atoms with Crippen LogP contribution < -0.4 is 14.8 Å². The van der Waals surface area contributed by atoms with Crippen molar-refractivity contribution in [1.82, 2.24) is 4.98 Å². The zero-order chi connectivity index (χ0) is 20.3. The predicted octanol–water partition coefficient (Wildman–Crippen LogP) is 4.56. The van der Waals surface area contributed by atoms with Crippen LogP contribution in [-0.4, -0.2) is 20.5 Å². The van der Waals surface area contributed by atoms with E-state index in [9.17, 15) is 8.42 Å². The third-order valence-electron chi connectivity index (χ3n) is 4.42. The standard InChI is InChI=1S/C21H23N3O3S/c1-14-5-9-20(27-4)19(11-14)23-21-10-7-17(13-22-21)24-28(25,26)18-8-6-15(2)16(3)12-18/h5-13,24H,1-4H3,(H,22,23). The van der Waals surface area contributed by atoms with E-state index in [1.807, 2.05) is 39.0 Å². The van der Waals surface area contributed by atoms with Gasteiger partial charge in [0.2, 0.25) is 0 Å². The quantitative estimate of drug-likeness (QED) is 0.637. The monoisotopic (exact) mass is 397 g/mol. The summed E-state index contributed by atoms with van der Waals surface area (Å²) < 4.78 is 33.1. The van der Waals surface area contributed by atoms with Gasteiger partial charge in [0.15, 0.2) is 0 Å². The van der Waals surface area contributed by atoms with Gasteiger partial charge in [-0.2, -0.15) is 0 Å². The minimum atomic E-state index is -3.67. The molecule has 146 valence electrons. The summed E-state index contributed by atoms with van der Waals surface area (Å²) in [7, 11) is -2.07. The molecular formula is C21H23N3O3S. The lowest BCUT2D eigenvalue weighted by Gasteiger charge is -2.12. The van der Waals surface area contributed by atoms with Gasteiger partial charge in [-0.3, -0.25) is 4.72 Å². The Morgan fingerprint density at radius 2 is 1.71 bits per heavy atom. The average Bonchev–Trinajstić information content (AvgIpc) is 2.65. The Labute approximate surface area is 165 Å². The molecule has 0 saturated heterocycles. The van der Waals surface area contributed by atoms with Crippen LogP contribution in [0.4, 0.5) is 17.2 Å². The molecule has 0 bridgehead atoms. The topological polar surface area (TPSA) is 80.3 Å². The van der Waals surface area contributed by atoms with Crippen molar-refractivity contribution < 1.29 is 13.2 Å². The molecule has 3 rings (SSSR count). The Morgan fingerprint density at radius 3 is 2.36 bits per heavy atom. The van der Waals surface area contributed by atoms with Crippen LogP contribution in [0.5, 0.6) is 5.75 Å². The number of anilines is 3. The number of pyridine rings is 1. The van der Waals surface area contributed by atoms with Crippen LogP contribution in [0.2, 0.25) is 0 Å². The first kappa shape index (κ1) is 19.7. The molecule has 6 nitrogen and oxygen atoms in total. The van der Waals surface area contributed by atoms with Gasteiger partial charge in [-0.05, 0) is 73.9 Å². The second-order valence-corrected chi connectivity index (χ2v) is 8.29. The van der Waals surface area contributed by atoms with Gasteiger partial charge in [0, 0.05) is 0 Å². The number of aryl methyl sites for hydroxylation is 3.